The zero-order chi connectivity index (χ0) is 22.2. The number of rotatable bonds is 5. The molecule has 3 nitrogen and oxygen atoms in total. The molecule has 0 saturated heterocycles. The molecule has 0 aliphatic rings. The van der Waals surface area contributed by atoms with Crippen LogP contribution in [0.5, 0.6) is 5.75 Å². The Labute approximate surface area is 173 Å². The number of amides is 1. The Morgan fingerprint density at radius 3 is 2.17 bits per heavy atom. The van der Waals surface area contributed by atoms with Crippen LogP contribution in [0.15, 0.2) is 23.6 Å². The fourth-order valence-electron chi connectivity index (χ4n) is 2.77. The number of anilines is 1. The van der Waals surface area contributed by atoms with Crippen molar-refractivity contribution in [2.45, 2.75) is 27.4 Å². The van der Waals surface area contributed by atoms with Crippen LogP contribution >= 0.6 is 11.3 Å². The maximum atomic E-state index is 13.7. The molecule has 0 atom stereocenters. The topological polar surface area (TPSA) is 38.3 Å². The second-order valence-electron chi connectivity index (χ2n) is 6.71. The summed E-state index contributed by atoms with van der Waals surface area (Å²) in [7, 11) is 0. The maximum absolute atomic E-state index is 13.7. The van der Waals surface area contributed by atoms with Crippen LogP contribution in [0.25, 0.3) is 0 Å². The summed E-state index contributed by atoms with van der Waals surface area (Å²) in [6.45, 7) is 5.95. The van der Waals surface area contributed by atoms with Gasteiger partial charge in [-0.3, -0.25) is 4.79 Å². The first-order valence-electron chi connectivity index (χ1n) is 8.71. The highest BCUT2D eigenvalue weighted by molar-refractivity contribution is 7.12. The van der Waals surface area contributed by atoms with E-state index in [0.717, 1.165) is 28.0 Å². The molecule has 0 unspecified atom stereocenters. The predicted molar refractivity (Wildman–Crippen MR) is 103 cm³/mol. The van der Waals surface area contributed by atoms with Gasteiger partial charge in [0.25, 0.3) is 5.91 Å². The van der Waals surface area contributed by atoms with Gasteiger partial charge in [-0.2, -0.15) is 0 Å². The van der Waals surface area contributed by atoms with Crippen LogP contribution in [0.1, 0.15) is 31.9 Å². The molecule has 0 spiro atoms. The van der Waals surface area contributed by atoms with Crippen molar-refractivity contribution in [1.82, 2.24) is 0 Å². The van der Waals surface area contributed by atoms with Gasteiger partial charge in [0.2, 0.25) is 5.82 Å². The van der Waals surface area contributed by atoms with Crippen LogP contribution in [0, 0.1) is 49.9 Å². The number of ether oxygens (including phenoxy) is 1. The third-order valence-corrected chi connectivity index (χ3v) is 5.46. The minimum Gasteiger partial charge on any atom is -0.489 e. The van der Waals surface area contributed by atoms with Gasteiger partial charge in [0.15, 0.2) is 23.3 Å². The number of carbonyl (C=O) groups excluding carboxylic acids is 1. The second kappa shape index (κ2) is 8.43. The van der Waals surface area contributed by atoms with E-state index in [-0.39, 0.29) is 11.5 Å². The molecule has 158 valence electrons. The Kier molecular flexibility index (Phi) is 6.12. The lowest BCUT2D eigenvalue weighted by atomic mass is 10.1. The molecule has 0 aliphatic heterocycles. The molecule has 2 aromatic carbocycles. The minimum absolute atomic E-state index is 0.0229. The number of aryl methyl sites for hydroxylation is 2. The molecule has 30 heavy (non-hydrogen) atoms. The molecule has 0 aliphatic carbocycles. The first-order chi connectivity index (χ1) is 14.1. The first-order valence-corrected chi connectivity index (χ1v) is 9.59. The second-order valence-corrected chi connectivity index (χ2v) is 7.62. The molecule has 9 heteroatoms. The highest BCUT2D eigenvalue weighted by atomic mass is 32.1. The van der Waals surface area contributed by atoms with Crippen molar-refractivity contribution in [3.8, 4) is 5.75 Å². The smallest absolute Gasteiger partial charge is 0.265 e. The summed E-state index contributed by atoms with van der Waals surface area (Å²) >= 11 is 0.947. The summed E-state index contributed by atoms with van der Waals surface area (Å²) in [4.78, 5) is 12.3. The Bertz CT molecular complexity index is 1110. The van der Waals surface area contributed by atoms with Gasteiger partial charge >= 0.3 is 0 Å². The normalized spacial score (nSPS) is 10.9. The lowest BCUT2D eigenvalue weighted by Crippen LogP contribution is -2.16. The lowest BCUT2D eigenvalue weighted by Gasteiger charge is -2.11. The molecular formula is C21H16F5NO2S. The van der Waals surface area contributed by atoms with E-state index in [2.05, 4.69) is 0 Å². The van der Waals surface area contributed by atoms with Crippen molar-refractivity contribution in [1.29, 1.82) is 0 Å². The average Bonchev–Trinajstić information content (AvgIpc) is 3.19. The Morgan fingerprint density at radius 1 is 0.933 bits per heavy atom. The van der Waals surface area contributed by atoms with Crippen LogP contribution in [0.2, 0.25) is 0 Å². The van der Waals surface area contributed by atoms with Gasteiger partial charge in [-0.15, -0.1) is 11.3 Å². The zero-order valence-electron chi connectivity index (χ0n) is 16.1. The molecule has 3 aromatic rings. The average molecular weight is 441 g/mol. The molecular weight excluding hydrogens is 425 g/mol. The van der Waals surface area contributed by atoms with Crippen molar-refractivity contribution < 1.29 is 31.5 Å². The van der Waals surface area contributed by atoms with Gasteiger partial charge < -0.3 is 10.1 Å². The highest BCUT2D eigenvalue weighted by Crippen LogP contribution is 2.29. The van der Waals surface area contributed by atoms with Crippen molar-refractivity contribution in [3.05, 3.63) is 79.8 Å². The molecule has 0 bridgehead atoms. The Balaban J connectivity index is 1.75. The maximum Gasteiger partial charge on any atom is 0.265 e. The van der Waals surface area contributed by atoms with Crippen LogP contribution in [-0.4, -0.2) is 5.91 Å². The molecule has 0 radical (unpaired) electrons. The van der Waals surface area contributed by atoms with Gasteiger partial charge in [0.05, 0.1) is 4.88 Å². The van der Waals surface area contributed by atoms with Crippen LogP contribution in [-0.2, 0) is 6.61 Å². The van der Waals surface area contributed by atoms with E-state index in [1.165, 1.54) is 6.07 Å². The number of halogens is 5. The Hall–Kier alpha value is -2.94. The van der Waals surface area contributed by atoms with E-state index in [1.807, 2.05) is 32.9 Å². The monoisotopic (exact) mass is 441 g/mol. The minimum atomic E-state index is -2.29. The van der Waals surface area contributed by atoms with Crippen LogP contribution in [0.4, 0.5) is 27.6 Å². The summed E-state index contributed by atoms with van der Waals surface area (Å²) in [5, 5.41) is 3.35. The summed E-state index contributed by atoms with van der Waals surface area (Å²) < 4.78 is 73.0. The van der Waals surface area contributed by atoms with Crippen molar-refractivity contribution in [2.24, 2.45) is 0 Å². The van der Waals surface area contributed by atoms with Gasteiger partial charge in [-0.1, -0.05) is 6.07 Å². The number of hydrogen-bond acceptors (Lipinski definition) is 3. The molecule has 1 heterocycles. The number of thiophene rings is 1. The summed E-state index contributed by atoms with van der Waals surface area (Å²) in [6, 6.07) is 5.32. The Morgan fingerprint density at radius 2 is 1.53 bits per heavy atom. The third kappa shape index (κ3) is 4.16. The van der Waals surface area contributed by atoms with Gasteiger partial charge in [0.1, 0.15) is 18.0 Å². The summed E-state index contributed by atoms with van der Waals surface area (Å²) in [6.07, 6.45) is 0. The summed E-state index contributed by atoms with van der Waals surface area (Å²) in [5.41, 5.74) is 2.29. The van der Waals surface area contributed by atoms with Crippen molar-refractivity contribution in [2.75, 3.05) is 5.32 Å². The molecule has 0 saturated carbocycles. The molecule has 1 amide bonds. The molecule has 1 aromatic heterocycles. The van der Waals surface area contributed by atoms with E-state index in [0.29, 0.717) is 11.3 Å². The SMILES string of the molecule is Cc1cc(C)c(C)c(OCc2csc(C(=O)Nc3c(F)c(F)c(F)c(F)c3F)c2)c1. The van der Waals surface area contributed by atoms with Gasteiger partial charge in [-0.25, -0.2) is 22.0 Å². The molecule has 0 fully saturated rings. The van der Waals surface area contributed by atoms with Crippen LogP contribution in [0.3, 0.4) is 0 Å². The van der Waals surface area contributed by atoms with E-state index >= 15 is 0 Å². The fourth-order valence-corrected chi connectivity index (χ4v) is 3.56. The van der Waals surface area contributed by atoms with E-state index in [4.69, 9.17) is 4.74 Å². The van der Waals surface area contributed by atoms with E-state index in [1.54, 1.807) is 10.7 Å². The van der Waals surface area contributed by atoms with Crippen LogP contribution < -0.4 is 10.1 Å². The van der Waals surface area contributed by atoms with Gasteiger partial charge in [-0.05, 0) is 55.0 Å². The van der Waals surface area contributed by atoms with Crippen molar-refractivity contribution >= 4 is 22.9 Å². The highest BCUT2D eigenvalue weighted by Gasteiger charge is 2.27. The number of carbonyl (C=O) groups is 1. The number of benzene rings is 2. The predicted octanol–water partition coefficient (Wildman–Crippen LogP) is 6.20. The standard InChI is InChI=1S/C21H16F5NO2S/c1-9-4-10(2)11(3)13(5-9)29-7-12-6-14(30-8-12)21(28)27-20-18(25)16(23)15(22)17(24)19(20)26/h4-6,8H,7H2,1-3H3,(H,27,28). The first kappa shape index (κ1) is 21.8. The van der Waals surface area contributed by atoms with E-state index < -0.39 is 40.7 Å². The fraction of sp³-hybridized carbons (Fsp3) is 0.190. The lowest BCUT2D eigenvalue weighted by molar-refractivity contribution is 0.102. The molecule has 3 rings (SSSR count). The number of hydrogen-bond donors (Lipinski definition) is 1. The van der Waals surface area contributed by atoms with E-state index in [9.17, 15) is 26.7 Å². The number of nitrogens with one attached hydrogen (secondary N) is 1. The summed E-state index contributed by atoms with van der Waals surface area (Å²) in [5.74, 6) is -11.1. The zero-order valence-corrected chi connectivity index (χ0v) is 16.9. The quantitative estimate of drug-likeness (QED) is 0.291. The molecule has 1 N–H and O–H groups in total. The largest absolute Gasteiger partial charge is 0.489 e. The van der Waals surface area contributed by atoms with Gasteiger partial charge in [0, 0.05) is 5.56 Å². The third-order valence-electron chi connectivity index (χ3n) is 4.48. The van der Waals surface area contributed by atoms with Crippen molar-refractivity contribution in [3.63, 3.8) is 0 Å².